The molecular formula is C16H12N4O4S. The maximum absolute atomic E-state index is 12.1. The maximum atomic E-state index is 12.1. The number of hydrogen-bond donors (Lipinski definition) is 1. The van der Waals surface area contributed by atoms with Crippen molar-refractivity contribution in [1.82, 2.24) is 15.1 Å². The van der Waals surface area contributed by atoms with Crippen LogP contribution in [0.5, 0.6) is 11.5 Å². The number of amides is 1. The molecule has 1 N–H and O–H groups in total. The summed E-state index contributed by atoms with van der Waals surface area (Å²) < 4.78 is 15.7. The summed E-state index contributed by atoms with van der Waals surface area (Å²) in [6.07, 6.45) is 3.29. The number of nitrogens with one attached hydrogen (secondary N) is 1. The summed E-state index contributed by atoms with van der Waals surface area (Å²) >= 11 is 1.19. The predicted molar refractivity (Wildman–Crippen MR) is 89.4 cm³/mol. The average Bonchev–Trinajstić information content (AvgIpc) is 3.30. The summed E-state index contributed by atoms with van der Waals surface area (Å²) in [7, 11) is 0. The number of anilines is 1. The number of benzene rings is 1. The number of thioether (sulfide) groups is 1. The molecule has 0 saturated carbocycles. The van der Waals surface area contributed by atoms with E-state index in [-0.39, 0.29) is 18.5 Å². The third kappa shape index (κ3) is 3.56. The Morgan fingerprint density at radius 2 is 2.00 bits per heavy atom. The molecular weight excluding hydrogens is 344 g/mol. The van der Waals surface area contributed by atoms with E-state index < -0.39 is 0 Å². The van der Waals surface area contributed by atoms with Gasteiger partial charge < -0.3 is 19.3 Å². The van der Waals surface area contributed by atoms with Gasteiger partial charge in [-0.1, -0.05) is 11.8 Å². The highest BCUT2D eigenvalue weighted by molar-refractivity contribution is 7.99. The number of aromatic nitrogens is 3. The molecule has 0 saturated heterocycles. The number of pyridine rings is 1. The molecule has 1 aliphatic rings. The van der Waals surface area contributed by atoms with Crippen LogP contribution >= 0.6 is 11.8 Å². The Labute approximate surface area is 146 Å². The quantitative estimate of drug-likeness (QED) is 0.697. The van der Waals surface area contributed by atoms with E-state index in [9.17, 15) is 4.79 Å². The zero-order chi connectivity index (χ0) is 17.1. The van der Waals surface area contributed by atoms with Gasteiger partial charge in [-0.2, -0.15) is 4.98 Å². The summed E-state index contributed by atoms with van der Waals surface area (Å²) in [5.41, 5.74) is 1.42. The van der Waals surface area contributed by atoms with Crippen molar-refractivity contribution in [2.75, 3.05) is 17.9 Å². The van der Waals surface area contributed by atoms with Gasteiger partial charge in [0.15, 0.2) is 11.5 Å². The Hall–Kier alpha value is -3.07. The Morgan fingerprint density at radius 1 is 1.16 bits per heavy atom. The summed E-state index contributed by atoms with van der Waals surface area (Å²) in [6.45, 7) is 0.195. The lowest BCUT2D eigenvalue weighted by atomic mass is 10.3. The number of carbonyl (C=O) groups excluding carboxylic acids is 1. The van der Waals surface area contributed by atoms with Gasteiger partial charge in [-0.3, -0.25) is 9.78 Å². The molecule has 1 aliphatic heterocycles. The smallest absolute Gasteiger partial charge is 0.258 e. The van der Waals surface area contributed by atoms with Crippen LogP contribution in [0.15, 0.2) is 52.4 Å². The van der Waals surface area contributed by atoms with Crippen molar-refractivity contribution < 1.29 is 18.8 Å². The van der Waals surface area contributed by atoms with E-state index in [4.69, 9.17) is 14.0 Å². The SMILES string of the molecule is O=C(CSc1noc(-c2ccncc2)n1)Nc1ccc2c(c1)OCO2. The number of fused-ring (bicyclic) bond motifs is 1. The second-order valence-electron chi connectivity index (χ2n) is 5.02. The first-order valence-corrected chi connectivity index (χ1v) is 8.33. The van der Waals surface area contributed by atoms with E-state index in [1.54, 1.807) is 42.7 Å². The van der Waals surface area contributed by atoms with E-state index in [2.05, 4.69) is 20.4 Å². The molecule has 3 heterocycles. The third-order valence-corrected chi connectivity index (χ3v) is 4.15. The second kappa shape index (κ2) is 6.81. The third-order valence-electron chi connectivity index (χ3n) is 3.32. The van der Waals surface area contributed by atoms with Gasteiger partial charge in [0.1, 0.15) is 0 Å². The first-order chi connectivity index (χ1) is 12.3. The molecule has 25 heavy (non-hydrogen) atoms. The molecule has 0 atom stereocenters. The molecule has 0 unspecified atom stereocenters. The van der Waals surface area contributed by atoms with Crippen molar-refractivity contribution >= 4 is 23.4 Å². The van der Waals surface area contributed by atoms with Gasteiger partial charge in [-0.15, -0.1) is 0 Å². The predicted octanol–water partition coefficient (Wildman–Crippen LogP) is 2.59. The molecule has 126 valence electrons. The second-order valence-corrected chi connectivity index (χ2v) is 5.97. The first kappa shape index (κ1) is 15.5. The molecule has 0 spiro atoms. The lowest BCUT2D eigenvalue weighted by Gasteiger charge is -2.04. The minimum atomic E-state index is -0.181. The largest absolute Gasteiger partial charge is 0.454 e. The highest BCUT2D eigenvalue weighted by Gasteiger charge is 2.15. The van der Waals surface area contributed by atoms with E-state index >= 15 is 0 Å². The normalized spacial score (nSPS) is 12.2. The number of rotatable bonds is 5. The fourth-order valence-electron chi connectivity index (χ4n) is 2.18. The van der Waals surface area contributed by atoms with Gasteiger partial charge in [0.2, 0.25) is 17.9 Å². The summed E-state index contributed by atoms with van der Waals surface area (Å²) in [4.78, 5) is 20.2. The van der Waals surface area contributed by atoms with Crippen molar-refractivity contribution in [1.29, 1.82) is 0 Å². The fourth-order valence-corrected chi connectivity index (χ4v) is 2.75. The zero-order valence-corrected chi connectivity index (χ0v) is 13.7. The van der Waals surface area contributed by atoms with Gasteiger partial charge in [0.25, 0.3) is 5.89 Å². The lowest BCUT2D eigenvalue weighted by molar-refractivity contribution is -0.113. The van der Waals surface area contributed by atoms with Crippen LogP contribution in [-0.2, 0) is 4.79 Å². The van der Waals surface area contributed by atoms with E-state index in [0.717, 1.165) is 5.56 Å². The Balaban J connectivity index is 1.34. The number of nitrogens with zero attached hydrogens (tertiary/aromatic N) is 3. The van der Waals surface area contributed by atoms with Crippen LogP contribution in [0.4, 0.5) is 5.69 Å². The first-order valence-electron chi connectivity index (χ1n) is 7.34. The van der Waals surface area contributed by atoms with Crippen LogP contribution in [0.3, 0.4) is 0 Å². The number of carbonyl (C=O) groups is 1. The molecule has 1 aromatic carbocycles. The van der Waals surface area contributed by atoms with E-state index in [0.29, 0.717) is 28.2 Å². The van der Waals surface area contributed by atoms with Crippen molar-refractivity contribution in [3.8, 4) is 23.0 Å². The molecule has 3 aromatic rings. The summed E-state index contributed by atoms with van der Waals surface area (Å²) in [5, 5.41) is 7.05. The zero-order valence-electron chi connectivity index (χ0n) is 12.8. The average molecular weight is 356 g/mol. The van der Waals surface area contributed by atoms with Crippen LogP contribution < -0.4 is 14.8 Å². The van der Waals surface area contributed by atoms with Crippen LogP contribution in [0.25, 0.3) is 11.5 Å². The minimum Gasteiger partial charge on any atom is -0.454 e. The van der Waals surface area contributed by atoms with Gasteiger partial charge in [0.05, 0.1) is 5.75 Å². The van der Waals surface area contributed by atoms with Gasteiger partial charge in [-0.05, 0) is 29.4 Å². The molecule has 0 radical (unpaired) electrons. The molecule has 0 bridgehead atoms. The fraction of sp³-hybridized carbons (Fsp3) is 0.125. The van der Waals surface area contributed by atoms with Crippen molar-refractivity contribution in [3.05, 3.63) is 42.7 Å². The van der Waals surface area contributed by atoms with E-state index in [1.807, 2.05) is 0 Å². The van der Waals surface area contributed by atoms with Crippen LogP contribution in [0, 0.1) is 0 Å². The molecule has 1 amide bonds. The summed E-state index contributed by atoms with van der Waals surface area (Å²) in [5.74, 6) is 1.65. The van der Waals surface area contributed by atoms with E-state index in [1.165, 1.54) is 11.8 Å². The maximum Gasteiger partial charge on any atom is 0.258 e. The standard InChI is InChI=1S/C16H12N4O4S/c21-14(18-11-1-2-12-13(7-11)23-9-22-12)8-25-16-19-15(24-20-16)10-3-5-17-6-4-10/h1-7H,8-9H2,(H,18,21). The van der Waals surface area contributed by atoms with Gasteiger partial charge >= 0.3 is 0 Å². The Kier molecular flexibility index (Phi) is 4.21. The molecule has 2 aromatic heterocycles. The number of ether oxygens (including phenoxy) is 2. The van der Waals surface area contributed by atoms with Crippen LogP contribution in [-0.4, -0.2) is 33.6 Å². The Morgan fingerprint density at radius 3 is 2.88 bits per heavy atom. The van der Waals surface area contributed by atoms with Gasteiger partial charge in [0, 0.05) is 29.7 Å². The van der Waals surface area contributed by atoms with Crippen LogP contribution in [0.1, 0.15) is 0 Å². The monoisotopic (exact) mass is 356 g/mol. The van der Waals surface area contributed by atoms with Gasteiger partial charge in [-0.25, -0.2) is 0 Å². The van der Waals surface area contributed by atoms with Crippen molar-refractivity contribution in [3.63, 3.8) is 0 Å². The highest BCUT2D eigenvalue weighted by Crippen LogP contribution is 2.34. The molecule has 0 fully saturated rings. The highest BCUT2D eigenvalue weighted by atomic mass is 32.2. The number of hydrogen-bond acceptors (Lipinski definition) is 8. The van der Waals surface area contributed by atoms with Crippen molar-refractivity contribution in [2.24, 2.45) is 0 Å². The molecule has 4 rings (SSSR count). The Bertz CT molecular complexity index is 900. The molecule has 8 nitrogen and oxygen atoms in total. The lowest BCUT2D eigenvalue weighted by Crippen LogP contribution is -2.14. The topological polar surface area (TPSA) is 99.4 Å². The molecule has 9 heteroatoms. The summed E-state index contributed by atoms with van der Waals surface area (Å²) in [6, 6.07) is 8.78. The van der Waals surface area contributed by atoms with Crippen molar-refractivity contribution in [2.45, 2.75) is 5.16 Å². The molecule has 0 aliphatic carbocycles. The van der Waals surface area contributed by atoms with Crippen LogP contribution in [0.2, 0.25) is 0 Å². The minimum absolute atomic E-state index is 0.157.